The summed E-state index contributed by atoms with van der Waals surface area (Å²) in [6.07, 6.45) is 0. The predicted octanol–water partition coefficient (Wildman–Crippen LogP) is 2.87. The van der Waals surface area contributed by atoms with Crippen molar-refractivity contribution < 1.29 is 0 Å². The number of hydrogen-bond acceptors (Lipinski definition) is 5. The van der Waals surface area contributed by atoms with Crippen molar-refractivity contribution >= 4 is 40.9 Å². The first-order valence-electron chi connectivity index (χ1n) is 5.29. The highest BCUT2D eigenvalue weighted by atomic mass is 35.5. The molecule has 0 bridgehead atoms. The molecule has 2 heterocycles. The van der Waals surface area contributed by atoms with Crippen molar-refractivity contribution in [2.75, 3.05) is 29.1 Å². The van der Waals surface area contributed by atoms with Crippen molar-refractivity contribution in [3.05, 3.63) is 22.8 Å². The average Bonchev–Trinajstić information content (AvgIpc) is 2.37. The Bertz CT molecular complexity index is 427. The number of pyridine rings is 1. The molecule has 90 valence electrons. The molecule has 1 saturated heterocycles. The summed E-state index contributed by atoms with van der Waals surface area (Å²) in [6.45, 7) is 0.871. The van der Waals surface area contributed by atoms with Crippen molar-refractivity contribution in [2.45, 2.75) is 5.25 Å². The van der Waals surface area contributed by atoms with Crippen LogP contribution in [0.1, 0.15) is 5.56 Å². The molecular formula is C11H12ClN3S2. The first-order valence-corrected chi connectivity index (χ1v) is 7.87. The molecule has 1 atom stereocenters. The molecule has 0 radical (unpaired) electrons. The van der Waals surface area contributed by atoms with Gasteiger partial charge in [0.2, 0.25) is 0 Å². The molecule has 0 aromatic carbocycles. The molecular weight excluding hydrogens is 274 g/mol. The van der Waals surface area contributed by atoms with Gasteiger partial charge in [0.15, 0.2) is 0 Å². The van der Waals surface area contributed by atoms with Crippen LogP contribution in [0.25, 0.3) is 0 Å². The van der Waals surface area contributed by atoms with Crippen LogP contribution in [0.2, 0.25) is 5.15 Å². The lowest BCUT2D eigenvalue weighted by molar-refractivity contribution is 0.993. The summed E-state index contributed by atoms with van der Waals surface area (Å²) in [6, 6.07) is 5.37. The van der Waals surface area contributed by atoms with E-state index in [2.05, 4.69) is 16.4 Å². The molecule has 1 aliphatic heterocycles. The van der Waals surface area contributed by atoms with E-state index in [0.717, 1.165) is 6.54 Å². The van der Waals surface area contributed by atoms with Gasteiger partial charge in [0.25, 0.3) is 0 Å². The van der Waals surface area contributed by atoms with Crippen LogP contribution in [0.5, 0.6) is 0 Å². The fraction of sp³-hybridized carbons (Fsp3) is 0.455. The normalized spacial score (nSPS) is 19.6. The van der Waals surface area contributed by atoms with Crippen LogP contribution in [0.15, 0.2) is 12.1 Å². The quantitative estimate of drug-likeness (QED) is 0.866. The molecule has 1 fully saturated rings. The van der Waals surface area contributed by atoms with Crippen molar-refractivity contribution in [1.29, 1.82) is 5.26 Å². The fourth-order valence-electron chi connectivity index (χ4n) is 1.52. The molecule has 1 aromatic heterocycles. The largest absolute Gasteiger partial charge is 0.369 e. The van der Waals surface area contributed by atoms with Gasteiger partial charge in [-0.1, -0.05) is 11.6 Å². The zero-order chi connectivity index (χ0) is 12.1. The highest BCUT2D eigenvalue weighted by molar-refractivity contribution is 8.06. The molecule has 3 nitrogen and oxygen atoms in total. The third-order valence-electron chi connectivity index (χ3n) is 2.32. The molecule has 6 heteroatoms. The van der Waals surface area contributed by atoms with Gasteiger partial charge in [-0.3, -0.25) is 0 Å². The van der Waals surface area contributed by atoms with Gasteiger partial charge in [-0.15, -0.1) is 0 Å². The number of nitrogens with one attached hydrogen (secondary N) is 1. The lowest BCUT2D eigenvalue weighted by atomic mass is 10.3. The van der Waals surface area contributed by atoms with Crippen molar-refractivity contribution in [3.63, 3.8) is 0 Å². The molecule has 17 heavy (non-hydrogen) atoms. The molecule has 1 N–H and O–H groups in total. The number of halogens is 1. The Morgan fingerprint density at radius 3 is 3.12 bits per heavy atom. The SMILES string of the molecule is N#Cc1cc(Cl)nc(NCC2CSCCS2)c1. The molecule has 0 spiro atoms. The Labute approximate surface area is 114 Å². The lowest BCUT2D eigenvalue weighted by Crippen LogP contribution is -2.23. The minimum absolute atomic E-state index is 0.359. The second-order valence-corrected chi connectivity index (χ2v) is 6.57. The number of hydrogen-bond donors (Lipinski definition) is 1. The fourth-order valence-corrected chi connectivity index (χ4v) is 4.35. The minimum Gasteiger partial charge on any atom is -0.369 e. The summed E-state index contributed by atoms with van der Waals surface area (Å²) in [5.41, 5.74) is 0.540. The smallest absolute Gasteiger partial charge is 0.132 e. The number of nitriles is 1. The maximum Gasteiger partial charge on any atom is 0.132 e. The van der Waals surface area contributed by atoms with Gasteiger partial charge in [-0.05, 0) is 12.1 Å². The Hall–Kier alpha value is -0.570. The third kappa shape index (κ3) is 3.98. The number of anilines is 1. The number of aromatic nitrogens is 1. The van der Waals surface area contributed by atoms with Crippen LogP contribution < -0.4 is 5.32 Å². The van der Waals surface area contributed by atoms with E-state index in [0.29, 0.717) is 21.8 Å². The van der Waals surface area contributed by atoms with Gasteiger partial charge in [0.05, 0.1) is 11.6 Å². The molecule has 0 amide bonds. The zero-order valence-corrected chi connectivity index (χ0v) is 11.5. The minimum atomic E-state index is 0.359. The van der Waals surface area contributed by atoms with Gasteiger partial charge < -0.3 is 5.32 Å². The van der Waals surface area contributed by atoms with E-state index in [1.807, 2.05) is 23.5 Å². The van der Waals surface area contributed by atoms with E-state index in [9.17, 15) is 0 Å². The Balaban J connectivity index is 1.94. The third-order valence-corrected chi connectivity index (χ3v) is 5.36. The summed E-state index contributed by atoms with van der Waals surface area (Å²) in [7, 11) is 0. The van der Waals surface area contributed by atoms with Crippen LogP contribution in [0, 0.1) is 11.3 Å². The first kappa shape index (κ1) is 12.9. The number of nitrogens with zero attached hydrogens (tertiary/aromatic N) is 2. The maximum atomic E-state index is 8.83. The lowest BCUT2D eigenvalue weighted by Gasteiger charge is -2.21. The molecule has 1 aromatic rings. The van der Waals surface area contributed by atoms with Crippen molar-refractivity contribution in [2.24, 2.45) is 0 Å². The van der Waals surface area contributed by atoms with E-state index in [1.165, 1.54) is 17.3 Å². The number of thioether (sulfide) groups is 2. The summed E-state index contributed by atoms with van der Waals surface area (Å²) in [5.74, 6) is 4.31. The molecule has 0 saturated carbocycles. The predicted molar refractivity (Wildman–Crippen MR) is 76.0 cm³/mol. The van der Waals surface area contributed by atoms with E-state index in [1.54, 1.807) is 12.1 Å². The highest BCUT2D eigenvalue weighted by Gasteiger charge is 2.14. The van der Waals surface area contributed by atoms with Gasteiger partial charge in [0, 0.05) is 29.1 Å². The topological polar surface area (TPSA) is 48.7 Å². The first-order chi connectivity index (χ1) is 8.28. The van der Waals surface area contributed by atoms with Crippen LogP contribution in [-0.2, 0) is 0 Å². The summed E-state index contributed by atoms with van der Waals surface area (Å²) in [4.78, 5) is 4.15. The van der Waals surface area contributed by atoms with Crippen molar-refractivity contribution in [3.8, 4) is 6.07 Å². The number of rotatable bonds is 3. The summed E-state index contributed by atoms with van der Waals surface area (Å²) < 4.78 is 0. The molecule has 1 aliphatic rings. The highest BCUT2D eigenvalue weighted by Crippen LogP contribution is 2.24. The van der Waals surface area contributed by atoms with Crippen LogP contribution in [0.3, 0.4) is 0 Å². The zero-order valence-electron chi connectivity index (χ0n) is 9.15. The van der Waals surface area contributed by atoms with E-state index >= 15 is 0 Å². The maximum absolute atomic E-state index is 8.83. The van der Waals surface area contributed by atoms with E-state index in [4.69, 9.17) is 16.9 Å². The van der Waals surface area contributed by atoms with Crippen LogP contribution >= 0.6 is 35.1 Å². The Morgan fingerprint density at radius 2 is 2.41 bits per heavy atom. The summed E-state index contributed by atoms with van der Waals surface area (Å²) >= 11 is 9.82. The molecule has 1 unspecified atom stereocenters. The standard InChI is InChI=1S/C11H12ClN3S2/c12-10-3-8(5-13)4-11(15-10)14-6-9-7-16-1-2-17-9/h3-4,9H,1-2,6-7H2,(H,14,15). The Kier molecular flexibility index (Phi) is 4.84. The molecule has 0 aliphatic carbocycles. The monoisotopic (exact) mass is 285 g/mol. The second-order valence-electron chi connectivity index (χ2n) is 3.62. The van der Waals surface area contributed by atoms with Gasteiger partial charge in [0.1, 0.15) is 11.0 Å². The molecule has 2 rings (SSSR count). The Morgan fingerprint density at radius 1 is 1.53 bits per heavy atom. The van der Waals surface area contributed by atoms with Gasteiger partial charge in [-0.25, -0.2) is 4.98 Å². The van der Waals surface area contributed by atoms with Crippen molar-refractivity contribution in [1.82, 2.24) is 4.98 Å². The average molecular weight is 286 g/mol. The van der Waals surface area contributed by atoms with E-state index in [-0.39, 0.29) is 0 Å². The van der Waals surface area contributed by atoms with E-state index < -0.39 is 0 Å². The summed E-state index contributed by atoms with van der Waals surface area (Å²) in [5, 5.41) is 13.1. The second kappa shape index (κ2) is 6.39. The van der Waals surface area contributed by atoms with Gasteiger partial charge in [-0.2, -0.15) is 28.8 Å². The van der Waals surface area contributed by atoms with Gasteiger partial charge >= 0.3 is 0 Å². The van der Waals surface area contributed by atoms with Crippen LogP contribution in [-0.4, -0.2) is 34.0 Å². The van der Waals surface area contributed by atoms with Crippen LogP contribution in [0.4, 0.5) is 5.82 Å².